The van der Waals surface area contributed by atoms with E-state index in [1.807, 2.05) is 19.9 Å². The molecule has 0 heterocycles. The largest absolute Gasteiger partial charge is 0.497 e. The van der Waals surface area contributed by atoms with Crippen molar-refractivity contribution in [1.29, 1.82) is 0 Å². The van der Waals surface area contributed by atoms with E-state index in [4.69, 9.17) is 4.74 Å². The standard InChI is InChI=1S/C23H23FN2O4S/c1-15-10-16(2)12-18(11-15)26-23(27)21-13-20(8-9-22(21)24)31(28,29)25-14-17-4-6-19(30-3)7-5-17/h4-13,25H,14H2,1-3H3,(H,26,27). The van der Waals surface area contributed by atoms with Gasteiger partial charge in [0.25, 0.3) is 5.91 Å². The molecule has 2 N–H and O–H groups in total. The highest BCUT2D eigenvalue weighted by molar-refractivity contribution is 7.89. The number of anilines is 1. The molecule has 0 atom stereocenters. The monoisotopic (exact) mass is 442 g/mol. The predicted octanol–water partition coefficient (Wildman–Crippen LogP) is 4.18. The van der Waals surface area contributed by atoms with Crippen molar-refractivity contribution in [3.63, 3.8) is 0 Å². The minimum absolute atomic E-state index is 0.0355. The molecule has 6 nitrogen and oxygen atoms in total. The molecule has 0 aliphatic heterocycles. The van der Waals surface area contributed by atoms with Crippen molar-refractivity contribution in [3.8, 4) is 5.75 Å². The summed E-state index contributed by atoms with van der Waals surface area (Å²) in [5.41, 5.74) is 2.75. The molecular formula is C23H23FN2O4S. The van der Waals surface area contributed by atoms with E-state index in [1.165, 1.54) is 0 Å². The van der Waals surface area contributed by atoms with Gasteiger partial charge in [0.15, 0.2) is 0 Å². The highest BCUT2D eigenvalue weighted by Crippen LogP contribution is 2.19. The summed E-state index contributed by atoms with van der Waals surface area (Å²) in [6, 6.07) is 15.5. The van der Waals surface area contributed by atoms with Gasteiger partial charge in [-0.1, -0.05) is 18.2 Å². The summed E-state index contributed by atoms with van der Waals surface area (Å²) in [4.78, 5) is 12.4. The van der Waals surface area contributed by atoms with Crippen molar-refractivity contribution >= 4 is 21.6 Å². The average Bonchev–Trinajstić information content (AvgIpc) is 2.72. The number of benzene rings is 3. The highest BCUT2D eigenvalue weighted by atomic mass is 32.2. The number of ether oxygens (including phenoxy) is 1. The summed E-state index contributed by atoms with van der Waals surface area (Å²) in [5, 5.41) is 2.62. The van der Waals surface area contributed by atoms with Crippen LogP contribution in [0.4, 0.5) is 10.1 Å². The number of carbonyl (C=O) groups excluding carboxylic acids is 1. The summed E-state index contributed by atoms with van der Waals surface area (Å²) in [5.74, 6) is -0.879. The second kappa shape index (κ2) is 9.28. The topological polar surface area (TPSA) is 84.5 Å². The van der Waals surface area contributed by atoms with E-state index in [0.29, 0.717) is 11.4 Å². The van der Waals surface area contributed by atoms with Crippen molar-refractivity contribution in [2.75, 3.05) is 12.4 Å². The first kappa shape index (κ1) is 22.5. The molecule has 8 heteroatoms. The Morgan fingerprint density at radius 3 is 2.23 bits per heavy atom. The molecule has 3 aromatic rings. The van der Waals surface area contributed by atoms with Crippen molar-refractivity contribution < 1.29 is 22.3 Å². The zero-order valence-corrected chi connectivity index (χ0v) is 18.2. The zero-order valence-electron chi connectivity index (χ0n) is 17.4. The molecule has 0 fully saturated rings. The third-order valence-electron chi connectivity index (χ3n) is 4.60. The molecule has 3 aromatic carbocycles. The maximum absolute atomic E-state index is 14.3. The lowest BCUT2D eigenvalue weighted by molar-refractivity contribution is 0.102. The van der Waals surface area contributed by atoms with Gasteiger partial charge < -0.3 is 10.1 Å². The number of carbonyl (C=O) groups is 1. The Hall–Kier alpha value is -3.23. The molecule has 0 unspecified atom stereocenters. The van der Waals surface area contributed by atoms with E-state index in [-0.39, 0.29) is 17.0 Å². The second-order valence-corrected chi connectivity index (χ2v) is 8.91. The highest BCUT2D eigenvalue weighted by Gasteiger charge is 2.20. The van der Waals surface area contributed by atoms with Crippen molar-refractivity contribution in [2.45, 2.75) is 25.3 Å². The Balaban J connectivity index is 1.78. The molecule has 1 amide bonds. The van der Waals surface area contributed by atoms with Crippen LogP contribution in [0.1, 0.15) is 27.0 Å². The van der Waals surface area contributed by atoms with Gasteiger partial charge in [0, 0.05) is 12.2 Å². The van der Waals surface area contributed by atoms with Gasteiger partial charge in [-0.15, -0.1) is 0 Å². The summed E-state index contributed by atoms with van der Waals surface area (Å²) in [7, 11) is -2.42. The van der Waals surface area contributed by atoms with Crippen molar-refractivity contribution in [1.82, 2.24) is 4.72 Å². The van der Waals surface area contributed by atoms with Gasteiger partial charge in [0.1, 0.15) is 11.6 Å². The van der Waals surface area contributed by atoms with E-state index in [2.05, 4.69) is 10.0 Å². The molecule has 3 rings (SSSR count). The average molecular weight is 443 g/mol. The maximum atomic E-state index is 14.3. The zero-order chi connectivity index (χ0) is 22.6. The van der Waals surface area contributed by atoms with Gasteiger partial charge in [0.05, 0.1) is 17.6 Å². The molecule has 162 valence electrons. The molecule has 0 spiro atoms. The number of nitrogens with one attached hydrogen (secondary N) is 2. The minimum atomic E-state index is -3.96. The number of halogens is 1. The first-order valence-electron chi connectivity index (χ1n) is 9.50. The third kappa shape index (κ3) is 5.68. The Bertz CT molecular complexity index is 1190. The van der Waals surface area contributed by atoms with Gasteiger partial charge in [-0.25, -0.2) is 17.5 Å². The Morgan fingerprint density at radius 2 is 1.61 bits per heavy atom. The fraction of sp³-hybridized carbons (Fsp3) is 0.174. The summed E-state index contributed by atoms with van der Waals surface area (Å²) in [6.07, 6.45) is 0. The molecule has 0 radical (unpaired) electrons. The van der Waals surface area contributed by atoms with Gasteiger partial charge in [0.2, 0.25) is 10.0 Å². The van der Waals surface area contributed by atoms with Crippen LogP contribution in [0.2, 0.25) is 0 Å². The van der Waals surface area contributed by atoms with Crippen LogP contribution in [0.3, 0.4) is 0 Å². The lowest BCUT2D eigenvalue weighted by atomic mass is 10.1. The van der Waals surface area contributed by atoms with E-state index in [9.17, 15) is 17.6 Å². The minimum Gasteiger partial charge on any atom is -0.497 e. The van der Waals surface area contributed by atoms with E-state index >= 15 is 0 Å². The van der Waals surface area contributed by atoms with Crippen LogP contribution < -0.4 is 14.8 Å². The van der Waals surface area contributed by atoms with Crippen LogP contribution in [-0.4, -0.2) is 21.4 Å². The normalized spacial score (nSPS) is 11.2. The van der Waals surface area contributed by atoms with Crippen LogP contribution in [0.25, 0.3) is 0 Å². The molecule has 0 aliphatic carbocycles. The molecule has 0 saturated heterocycles. The Kier molecular flexibility index (Phi) is 6.72. The molecular weight excluding hydrogens is 419 g/mol. The maximum Gasteiger partial charge on any atom is 0.258 e. The Labute approximate surface area is 181 Å². The number of aryl methyl sites for hydroxylation is 2. The molecule has 0 aromatic heterocycles. The van der Waals surface area contributed by atoms with Gasteiger partial charge >= 0.3 is 0 Å². The van der Waals surface area contributed by atoms with Crippen molar-refractivity contribution in [3.05, 3.63) is 88.7 Å². The number of methoxy groups -OCH3 is 1. The fourth-order valence-electron chi connectivity index (χ4n) is 3.10. The first-order chi connectivity index (χ1) is 14.7. The SMILES string of the molecule is COc1ccc(CNS(=O)(=O)c2ccc(F)c(C(=O)Nc3cc(C)cc(C)c3)c2)cc1. The number of hydrogen-bond donors (Lipinski definition) is 2. The summed E-state index contributed by atoms with van der Waals surface area (Å²) < 4.78 is 47.2. The second-order valence-electron chi connectivity index (χ2n) is 7.14. The van der Waals surface area contributed by atoms with Gasteiger partial charge in [-0.3, -0.25) is 4.79 Å². The lowest BCUT2D eigenvalue weighted by Gasteiger charge is -2.11. The van der Waals surface area contributed by atoms with Crippen LogP contribution in [0.5, 0.6) is 5.75 Å². The van der Waals surface area contributed by atoms with Gasteiger partial charge in [-0.2, -0.15) is 0 Å². The molecule has 0 aliphatic rings. The lowest BCUT2D eigenvalue weighted by Crippen LogP contribution is -2.24. The predicted molar refractivity (Wildman–Crippen MR) is 117 cm³/mol. The fourth-order valence-corrected chi connectivity index (χ4v) is 4.14. The smallest absolute Gasteiger partial charge is 0.258 e. The number of amides is 1. The van der Waals surface area contributed by atoms with E-state index in [0.717, 1.165) is 34.9 Å². The Morgan fingerprint density at radius 1 is 0.968 bits per heavy atom. The molecule has 0 bridgehead atoms. The molecule has 0 saturated carbocycles. The summed E-state index contributed by atoms with van der Waals surface area (Å²) in [6.45, 7) is 3.80. The van der Waals surface area contributed by atoms with Crippen LogP contribution in [-0.2, 0) is 16.6 Å². The van der Waals surface area contributed by atoms with Crippen LogP contribution >= 0.6 is 0 Å². The third-order valence-corrected chi connectivity index (χ3v) is 6.00. The van der Waals surface area contributed by atoms with Crippen molar-refractivity contribution in [2.24, 2.45) is 0 Å². The number of hydrogen-bond acceptors (Lipinski definition) is 4. The number of sulfonamides is 1. The van der Waals surface area contributed by atoms with E-state index < -0.39 is 21.7 Å². The first-order valence-corrected chi connectivity index (χ1v) is 11.0. The van der Waals surface area contributed by atoms with Crippen LogP contribution in [0.15, 0.2) is 65.6 Å². The van der Waals surface area contributed by atoms with Gasteiger partial charge in [-0.05, 0) is 73.0 Å². The quantitative estimate of drug-likeness (QED) is 0.575. The molecule has 31 heavy (non-hydrogen) atoms. The van der Waals surface area contributed by atoms with E-state index in [1.54, 1.807) is 43.5 Å². The number of rotatable bonds is 7. The summed E-state index contributed by atoms with van der Waals surface area (Å²) >= 11 is 0. The van der Waals surface area contributed by atoms with Crippen LogP contribution in [0, 0.1) is 19.7 Å².